The van der Waals surface area contributed by atoms with Gasteiger partial charge in [0.25, 0.3) is 0 Å². The summed E-state index contributed by atoms with van der Waals surface area (Å²) < 4.78 is 0. The Morgan fingerprint density at radius 2 is 2.00 bits per heavy atom. The maximum Gasteiger partial charge on any atom is 0.144 e. The lowest BCUT2D eigenvalue weighted by atomic mass is 10.0. The van der Waals surface area contributed by atoms with Gasteiger partial charge in [-0.2, -0.15) is 0 Å². The average Bonchev–Trinajstić information content (AvgIpc) is 2.22. The molecule has 0 radical (unpaired) electrons. The minimum Gasteiger partial charge on any atom is -0.505 e. The number of phenols is 1. The SMILES string of the molecule is Nc1cc(Cl)cc(C(O)C(O)CCBr)c1O. The first kappa shape index (κ1) is 13.6. The molecule has 0 aliphatic rings. The van der Waals surface area contributed by atoms with E-state index in [1.54, 1.807) is 0 Å². The van der Waals surface area contributed by atoms with Crippen molar-refractivity contribution in [2.45, 2.75) is 18.6 Å². The molecule has 0 aliphatic carbocycles. The molecule has 1 rings (SSSR count). The van der Waals surface area contributed by atoms with Gasteiger partial charge >= 0.3 is 0 Å². The van der Waals surface area contributed by atoms with Crippen molar-refractivity contribution in [1.29, 1.82) is 0 Å². The lowest BCUT2D eigenvalue weighted by Crippen LogP contribution is -2.19. The second-order valence-electron chi connectivity index (χ2n) is 3.42. The Hall–Kier alpha value is -0.490. The Labute approximate surface area is 107 Å². The molecule has 0 fully saturated rings. The van der Waals surface area contributed by atoms with Gasteiger partial charge in [0, 0.05) is 15.9 Å². The highest BCUT2D eigenvalue weighted by Crippen LogP contribution is 2.35. The molecule has 0 aromatic heterocycles. The van der Waals surface area contributed by atoms with E-state index < -0.39 is 12.2 Å². The van der Waals surface area contributed by atoms with E-state index in [9.17, 15) is 15.3 Å². The van der Waals surface area contributed by atoms with Crippen molar-refractivity contribution in [2.24, 2.45) is 0 Å². The molecule has 90 valence electrons. The molecule has 0 saturated heterocycles. The Balaban J connectivity index is 3.03. The standard InChI is InChI=1S/C10H13BrClNO3/c11-2-1-8(14)10(16)6-3-5(12)4-7(13)9(6)15/h3-4,8,10,14-16H,1-2,13H2. The first-order valence-electron chi connectivity index (χ1n) is 4.67. The van der Waals surface area contributed by atoms with Crippen LogP contribution in [0.5, 0.6) is 5.75 Å². The fourth-order valence-electron chi connectivity index (χ4n) is 1.34. The number of nitrogen functional groups attached to an aromatic ring is 1. The van der Waals surface area contributed by atoms with Crippen LogP contribution in [0.3, 0.4) is 0 Å². The Morgan fingerprint density at radius 3 is 2.56 bits per heavy atom. The van der Waals surface area contributed by atoms with Gasteiger partial charge in [0.15, 0.2) is 0 Å². The number of aliphatic hydroxyl groups excluding tert-OH is 2. The van der Waals surface area contributed by atoms with E-state index in [2.05, 4.69) is 15.9 Å². The van der Waals surface area contributed by atoms with E-state index in [0.29, 0.717) is 16.8 Å². The van der Waals surface area contributed by atoms with Crippen LogP contribution in [0.2, 0.25) is 5.02 Å². The molecule has 5 N–H and O–H groups in total. The maximum absolute atomic E-state index is 9.80. The average molecular weight is 311 g/mol. The van der Waals surface area contributed by atoms with Crippen LogP contribution in [-0.2, 0) is 0 Å². The molecule has 2 atom stereocenters. The van der Waals surface area contributed by atoms with Gasteiger partial charge in [-0.25, -0.2) is 0 Å². The number of rotatable bonds is 4. The molecule has 6 heteroatoms. The van der Waals surface area contributed by atoms with Crippen molar-refractivity contribution in [3.8, 4) is 5.75 Å². The predicted octanol–water partition coefficient (Wildman–Crippen LogP) is 1.81. The van der Waals surface area contributed by atoms with E-state index in [-0.39, 0.29) is 17.0 Å². The third kappa shape index (κ3) is 3.01. The summed E-state index contributed by atoms with van der Waals surface area (Å²) in [5.41, 5.74) is 5.71. The molecule has 0 amide bonds. The molecule has 1 aromatic rings. The topological polar surface area (TPSA) is 86.7 Å². The van der Waals surface area contributed by atoms with Gasteiger partial charge < -0.3 is 21.1 Å². The van der Waals surface area contributed by atoms with Crippen LogP contribution in [0.4, 0.5) is 5.69 Å². The monoisotopic (exact) mass is 309 g/mol. The number of alkyl halides is 1. The second kappa shape index (κ2) is 5.72. The minimum atomic E-state index is -1.21. The van der Waals surface area contributed by atoms with Crippen molar-refractivity contribution in [1.82, 2.24) is 0 Å². The maximum atomic E-state index is 9.80. The van der Waals surface area contributed by atoms with Crippen LogP contribution in [0, 0.1) is 0 Å². The van der Waals surface area contributed by atoms with E-state index in [0.717, 1.165) is 0 Å². The van der Waals surface area contributed by atoms with Crippen LogP contribution in [-0.4, -0.2) is 26.8 Å². The van der Waals surface area contributed by atoms with Gasteiger partial charge in [-0.3, -0.25) is 0 Å². The lowest BCUT2D eigenvalue weighted by molar-refractivity contribution is 0.0161. The highest BCUT2D eigenvalue weighted by Gasteiger charge is 2.22. The van der Waals surface area contributed by atoms with Gasteiger partial charge in [0.2, 0.25) is 0 Å². The van der Waals surface area contributed by atoms with Gasteiger partial charge in [0.1, 0.15) is 11.9 Å². The van der Waals surface area contributed by atoms with Crippen molar-refractivity contribution in [3.05, 3.63) is 22.7 Å². The van der Waals surface area contributed by atoms with Crippen LogP contribution < -0.4 is 5.73 Å². The summed E-state index contributed by atoms with van der Waals surface area (Å²) in [5, 5.41) is 29.9. The van der Waals surface area contributed by atoms with Gasteiger partial charge in [-0.15, -0.1) is 0 Å². The zero-order valence-electron chi connectivity index (χ0n) is 8.40. The normalized spacial score (nSPS) is 14.8. The molecule has 0 heterocycles. The lowest BCUT2D eigenvalue weighted by Gasteiger charge is -2.19. The number of phenolic OH excluding ortho intramolecular Hbond substituents is 1. The smallest absolute Gasteiger partial charge is 0.144 e. The van der Waals surface area contributed by atoms with E-state index in [1.165, 1.54) is 12.1 Å². The number of halogens is 2. The van der Waals surface area contributed by atoms with E-state index in [4.69, 9.17) is 17.3 Å². The van der Waals surface area contributed by atoms with Crippen LogP contribution >= 0.6 is 27.5 Å². The van der Waals surface area contributed by atoms with Gasteiger partial charge in [-0.05, 0) is 18.6 Å². The molecule has 0 aliphatic heterocycles. The third-order valence-corrected chi connectivity index (χ3v) is 2.90. The first-order valence-corrected chi connectivity index (χ1v) is 6.17. The van der Waals surface area contributed by atoms with Crippen molar-refractivity contribution in [2.75, 3.05) is 11.1 Å². The molecule has 0 bridgehead atoms. The largest absolute Gasteiger partial charge is 0.505 e. The number of nitrogens with two attached hydrogens (primary N) is 1. The summed E-state index contributed by atoms with van der Waals surface area (Å²) in [4.78, 5) is 0. The number of benzene rings is 1. The number of hydrogen-bond donors (Lipinski definition) is 4. The zero-order chi connectivity index (χ0) is 12.3. The molecular formula is C10H13BrClNO3. The molecule has 2 unspecified atom stereocenters. The molecule has 0 spiro atoms. The Bertz CT molecular complexity index is 375. The highest BCUT2D eigenvalue weighted by atomic mass is 79.9. The summed E-state index contributed by atoms with van der Waals surface area (Å²) in [5.74, 6) is -0.245. The fourth-order valence-corrected chi connectivity index (χ4v) is 2.05. The quantitative estimate of drug-likeness (QED) is 0.388. The van der Waals surface area contributed by atoms with E-state index >= 15 is 0 Å². The number of aromatic hydroxyl groups is 1. The summed E-state index contributed by atoms with van der Waals surface area (Å²) in [6.07, 6.45) is -1.84. The van der Waals surface area contributed by atoms with Gasteiger partial charge in [-0.1, -0.05) is 27.5 Å². The minimum absolute atomic E-state index is 0.0765. The van der Waals surface area contributed by atoms with E-state index in [1.807, 2.05) is 0 Å². The summed E-state index contributed by atoms with van der Waals surface area (Å²) in [6.45, 7) is 0. The summed E-state index contributed by atoms with van der Waals surface area (Å²) >= 11 is 8.91. The number of aliphatic hydroxyl groups is 2. The highest BCUT2D eigenvalue weighted by molar-refractivity contribution is 9.09. The number of anilines is 1. The third-order valence-electron chi connectivity index (χ3n) is 2.22. The zero-order valence-corrected chi connectivity index (χ0v) is 10.7. The van der Waals surface area contributed by atoms with Crippen molar-refractivity contribution >= 4 is 33.2 Å². The molecule has 0 saturated carbocycles. The van der Waals surface area contributed by atoms with Gasteiger partial charge in [0.05, 0.1) is 11.8 Å². The van der Waals surface area contributed by atoms with Crippen molar-refractivity contribution in [3.63, 3.8) is 0 Å². The van der Waals surface area contributed by atoms with Crippen molar-refractivity contribution < 1.29 is 15.3 Å². The Morgan fingerprint density at radius 1 is 1.38 bits per heavy atom. The predicted molar refractivity (Wildman–Crippen MR) is 66.9 cm³/mol. The number of hydrogen-bond acceptors (Lipinski definition) is 4. The summed E-state index contributed by atoms with van der Waals surface area (Å²) in [6, 6.07) is 2.76. The molecule has 16 heavy (non-hydrogen) atoms. The van der Waals surface area contributed by atoms with Crippen LogP contribution in [0.1, 0.15) is 18.1 Å². The Kier molecular flexibility index (Phi) is 4.86. The fraction of sp³-hybridized carbons (Fsp3) is 0.400. The second-order valence-corrected chi connectivity index (χ2v) is 4.65. The molecule has 4 nitrogen and oxygen atoms in total. The van der Waals surface area contributed by atoms with Crippen LogP contribution in [0.15, 0.2) is 12.1 Å². The summed E-state index contributed by atoms with van der Waals surface area (Å²) in [7, 11) is 0. The van der Waals surface area contributed by atoms with Crippen LogP contribution in [0.25, 0.3) is 0 Å². The molecule has 1 aromatic carbocycles. The first-order chi connectivity index (χ1) is 7.47. The molecular weight excluding hydrogens is 297 g/mol.